The molecule has 0 aliphatic carbocycles. The molecular weight excluding hydrogens is 503 g/mol. The lowest BCUT2D eigenvalue weighted by molar-refractivity contribution is -0.146. The molecule has 1 aliphatic heterocycles. The number of hydrogen-bond acceptors (Lipinski definition) is 5. The minimum absolute atomic E-state index is 0.0440. The van der Waals surface area contributed by atoms with Crippen LogP contribution < -0.4 is 4.72 Å². The zero-order chi connectivity index (χ0) is 25.0. The molecule has 0 bridgehead atoms. The van der Waals surface area contributed by atoms with Crippen molar-refractivity contribution in [1.29, 1.82) is 5.26 Å². The molecule has 34 heavy (non-hydrogen) atoms. The first-order chi connectivity index (χ1) is 16.0. The van der Waals surface area contributed by atoms with Gasteiger partial charge in [0.05, 0.1) is 16.0 Å². The van der Waals surface area contributed by atoms with Crippen LogP contribution >= 0.6 is 23.2 Å². The first kappa shape index (κ1) is 26.0. The van der Waals surface area contributed by atoms with Crippen molar-refractivity contribution in [1.82, 2.24) is 14.2 Å². The minimum atomic E-state index is -4.29. The summed E-state index contributed by atoms with van der Waals surface area (Å²) in [5.74, 6) is -1.94. The maximum Gasteiger partial charge on any atom is 0.306 e. The van der Waals surface area contributed by atoms with Crippen molar-refractivity contribution < 1.29 is 23.1 Å². The highest BCUT2D eigenvalue weighted by Crippen LogP contribution is 2.30. The van der Waals surface area contributed by atoms with Gasteiger partial charge in [-0.2, -0.15) is 9.98 Å². The Hall–Kier alpha value is -2.58. The fourth-order valence-corrected chi connectivity index (χ4v) is 6.43. The molecule has 1 saturated heterocycles. The molecule has 1 aromatic heterocycles. The van der Waals surface area contributed by atoms with E-state index in [1.54, 1.807) is 29.8 Å². The van der Waals surface area contributed by atoms with Crippen LogP contribution in [-0.4, -0.2) is 54.0 Å². The van der Waals surface area contributed by atoms with Crippen LogP contribution in [0, 0.1) is 17.2 Å². The van der Waals surface area contributed by atoms with Crippen LogP contribution in [0.3, 0.4) is 0 Å². The first-order valence-corrected chi connectivity index (χ1v) is 12.8. The Morgan fingerprint density at radius 3 is 2.38 bits per heavy atom. The van der Waals surface area contributed by atoms with Crippen molar-refractivity contribution in [2.24, 2.45) is 5.92 Å². The Morgan fingerprint density at radius 2 is 1.82 bits per heavy atom. The van der Waals surface area contributed by atoms with Crippen LogP contribution in [-0.2, 0) is 19.6 Å². The van der Waals surface area contributed by atoms with Crippen LogP contribution in [0.2, 0.25) is 10.0 Å². The minimum Gasteiger partial charge on any atom is -0.481 e. The Kier molecular flexibility index (Phi) is 8.25. The average molecular weight is 527 g/mol. The van der Waals surface area contributed by atoms with Crippen molar-refractivity contribution in [2.45, 2.75) is 43.2 Å². The van der Waals surface area contributed by atoms with Gasteiger partial charge in [-0.15, -0.1) is 0 Å². The number of aromatic nitrogens is 1. The highest BCUT2D eigenvalue weighted by atomic mass is 35.5. The van der Waals surface area contributed by atoms with Crippen molar-refractivity contribution in [3.63, 3.8) is 0 Å². The lowest BCUT2D eigenvalue weighted by atomic mass is 9.96. The fourth-order valence-electron chi connectivity index (χ4n) is 4.08. The molecule has 9 nitrogen and oxygen atoms in total. The van der Waals surface area contributed by atoms with Gasteiger partial charge in [-0.25, -0.2) is 8.42 Å². The largest absolute Gasteiger partial charge is 0.481 e. The molecule has 3 rings (SSSR count). The van der Waals surface area contributed by atoms with Gasteiger partial charge in [-0.3, -0.25) is 9.59 Å². The van der Waals surface area contributed by atoms with E-state index in [0.29, 0.717) is 5.69 Å². The second-order valence-electron chi connectivity index (χ2n) is 8.16. The average Bonchev–Trinajstić information content (AvgIpc) is 3.27. The number of benzene rings is 1. The normalized spacial score (nSPS) is 16.6. The molecule has 2 unspecified atom stereocenters. The van der Waals surface area contributed by atoms with E-state index >= 15 is 0 Å². The van der Waals surface area contributed by atoms with Gasteiger partial charge in [0.15, 0.2) is 0 Å². The maximum atomic E-state index is 13.4. The summed E-state index contributed by atoms with van der Waals surface area (Å²) >= 11 is 12.2. The van der Waals surface area contributed by atoms with Gasteiger partial charge in [0.25, 0.3) is 0 Å². The Balaban J connectivity index is 1.89. The number of nitrogens with one attached hydrogen (secondary N) is 1. The van der Waals surface area contributed by atoms with E-state index in [1.807, 2.05) is 0 Å². The summed E-state index contributed by atoms with van der Waals surface area (Å²) in [6.07, 6.45) is 2.29. The lowest BCUT2D eigenvalue weighted by Gasteiger charge is -2.34. The highest BCUT2D eigenvalue weighted by molar-refractivity contribution is 7.89. The summed E-state index contributed by atoms with van der Waals surface area (Å²) in [4.78, 5) is 25.8. The van der Waals surface area contributed by atoms with Gasteiger partial charge in [0.1, 0.15) is 22.7 Å². The van der Waals surface area contributed by atoms with Crippen LogP contribution in [0.25, 0.3) is 0 Å². The van der Waals surface area contributed by atoms with Crippen molar-refractivity contribution in [3.05, 3.63) is 52.3 Å². The number of nitrogens with zero attached hydrogens (tertiary/aromatic N) is 3. The molecular formula is C22H24Cl2N4O5S. The summed E-state index contributed by atoms with van der Waals surface area (Å²) in [6, 6.07) is 8.07. The number of hydrogen-bond donors (Lipinski definition) is 2. The summed E-state index contributed by atoms with van der Waals surface area (Å²) in [6.45, 7) is 2.17. The third-order valence-corrected chi connectivity index (χ3v) is 8.31. The third kappa shape index (κ3) is 5.73. The van der Waals surface area contributed by atoms with Gasteiger partial charge >= 0.3 is 5.97 Å². The van der Waals surface area contributed by atoms with Gasteiger partial charge in [-0.05, 0) is 50.5 Å². The number of halogens is 2. The Morgan fingerprint density at radius 1 is 1.21 bits per heavy atom. The molecule has 1 fully saturated rings. The number of carboxylic acid groups (broad SMARTS) is 1. The van der Waals surface area contributed by atoms with E-state index in [9.17, 15) is 28.4 Å². The molecule has 1 amide bonds. The van der Waals surface area contributed by atoms with Crippen LogP contribution in [0.1, 0.15) is 37.9 Å². The molecule has 2 atom stereocenters. The Labute approximate surface area is 207 Å². The van der Waals surface area contributed by atoms with E-state index < -0.39 is 39.9 Å². The van der Waals surface area contributed by atoms with E-state index in [2.05, 4.69) is 10.8 Å². The lowest BCUT2D eigenvalue weighted by Crippen LogP contribution is -2.51. The van der Waals surface area contributed by atoms with Gasteiger partial charge in [0, 0.05) is 25.3 Å². The van der Waals surface area contributed by atoms with E-state index in [1.165, 1.54) is 23.1 Å². The zero-order valence-electron chi connectivity index (χ0n) is 18.3. The van der Waals surface area contributed by atoms with Crippen LogP contribution in [0.4, 0.5) is 0 Å². The number of amides is 1. The van der Waals surface area contributed by atoms with Crippen LogP contribution in [0.15, 0.2) is 41.4 Å². The molecule has 2 aromatic rings. The summed E-state index contributed by atoms with van der Waals surface area (Å²) in [5, 5.41) is 18.4. The number of carboxylic acids is 1. The molecule has 2 N–H and O–H groups in total. The molecule has 1 aromatic carbocycles. The van der Waals surface area contributed by atoms with E-state index in [-0.39, 0.29) is 47.3 Å². The number of likely N-dealkylation sites (tertiary alicyclic amines) is 1. The second kappa shape index (κ2) is 10.8. The summed E-state index contributed by atoms with van der Waals surface area (Å²) in [7, 11) is -4.29. The predicted molar refractivity (Wildman–Crippen MR) is 126 cm³/mol. The smallest absolute Gasteiger partial charge is 0.306 e. The standard InChI is InChI=1S/C22H24Cl2N4O5S/c1-14(28-9-3-4-16(28)13-25)12-19(21(29)27-10-7-15(8-11-27)22(30)31)26-34(32,33)20-17(23)5-2-6-18(20)24/h2-6,9,14-15,19,26H,7-8,10-12H2,1H3,(H,30,31). The van der Waals surface area contributed by atoms with Gasteiger partial charge in [-0.1, -0.05) is 29.3 Å². The van der Waals surface area contributed by atoms with Gasteiger partial charge < -0.3 is 14.6 Å². The molecule has 0 spiro atoms. The monoisotopic (exact) mass is 526 g/mol. The third-order valence-electron chi connectivity index (χ3n) is 5.88. The Bertz CT molecular complexity index is 1200. The zero-order valence-corrected chi connectivity index (χ0v) is 20.6. The topological polar surface area (TPSA) is 132 Å². The number of piperidine rings is 1. The van der Waals surface area contributed by atoms with E-state index in [4.69, 9.17) is 23.2 Å². The maximum absolute atomic E-state index is 13.4. The number of sulfonamides is 1. The molecule has 12 heteroatoms. The summed E-state index contributed by atoms with van der Waals surface area (Å²) < 4.78 is 30.5. The van der Waals surface area contributed by atoms with Gasteiger partial charge in [0.2, 0.25) is 15.9 Å². The predicted octanol–water partition coefficient (Wildman–Crippen LogP) is 3.29. The fraction of sp³-hybridized carbons (Fsp3) is 0.409. The van der Waals surface area contributed by atoms with Crippen molar-refractivity contribution in [3.8, 4) is 6.07 Å². The number of aliphatic carboxylic acids is 1. The van der Waals surface area contributed by atoms with Crippen molar-refractivity contribution in [2.75, 3.05) is 13.1 Å². The first-order valence-electron chi connectivity index (χ1n) is 10.6. The number of carbonyl (C=O) groups is 2. The van der Waals surface area contributed by atoms with Crippen LogP contribution in [0.5, 0.6) is 0 Å². The van der Waals surface area contributed by atoms with Crippen molar-refractivity contribution >= 4 is 45.1 Å². The molecule has 182 valence electrons. The molecule has 2 heterocycles. The second-order valence-corrected chi connectivity index (χ2v) is 10.6. The van der Waals surface area contributed by atoms with E-state index in [0.717, 1.165) is 0 Å². The molecule has 1 aliphatic rings. The molecule has 0 saturated carbocycles. The number of nitriles is 1. The number of rotatable bonds is 8. The molecule has 0 radical (unpaired) electrons. The summed E-state index contributed by atoms with van der Waals surface area (Å²) in [5.41, 5.74) is 0.373. The quantitative estimate of drug-likeness (QED) is 0.542. The SMILES string of the molecule is CC(CC(NS(=O)(=O)c1c(Cl)cccc1Cl)C(=O)N1CCC(C(=O)O)CC1)n1cccc1C#N. The highest BCUT2D eigenvalue weighted by Gasteiger charge is 2.35. The number of carbonyl (C=O) groups excluding carboxylic acids is 1.